The van der Waals surface area contributed by atoms with Crippen LogP contribution in [-0.4, -0.2) is 56.4 Å². The number of guanidine groups is 1. The van der Waals surface area contributed by atoms with Gasteiger partial charge < -0.3 is 10.6 Å². The van der Waals surface area contributed by atoms with Crippen LogP contribution in [0.25, 0.3) is 0 Å². The van der Waals surface area contributed by atoms with E-state index in [4.69, 9.17) is 0 Å². The molecular formula is C20H32N4O2S2. The highest BCUT2D eigenvalue weighted by atomic mass is 32.2. The van der Waals surface area contributed by atoms with Gasteiger partial charge in [-0.25, -0.2) is 8.42 Å². The summed E-state index contributed by atoms with van der Waals surface area (Å²) < 4.78 is 27.1. The SMILES string of the molecule is CN=C(NCc1ccc(S(=O)(=O)N2CCCCC2)cc1)NC1CCC(SC)C1. The zero-order chi connectivity index (χ0) is 20.0. The highest BCUT2D eigenvalue weighted by Gasteiger charge is 2.26. The Bertz CT molecular complexity index is 759. The van der Waals surface area contributed by atoms with E-state index in [0.29, 0.717) is 30.6 Å². The Labute approximate surface area is 173 Å². The van der Waals surface area contributed by atoms with Crippen molar-refractivity contribution < 1.29 is 8.42 Å². The van der Waals surface area contributed by atoms with Gasteiger partial charge in [0.2, 0.25) is 10.0 Å². The molecule has 2 unspecified atom stereocenters. The quantitative estimate of drug-likeness (QED) is 0.543. The molecule has 0 radical (unpaired) electrons. The molecule has 6 nitrogen and oxygen atoms in total. The van der Waals surface area contributed by atoms with Crippen molar-refractivity contribution in [3.63, 3.8) is 0 Å². The number of piperidine rings is 1. The lowest BCUT2D eigenvalue weighted by Crippen LogP contribution is -2.42. The minimum absolute atomic E-state index is 0.384. The molecule has 3 rings (SSSR count). The van der Waals surface area contributed by atoms with Gasteiger partial charge in [-0.2, -0.15) is 16.1 Å². The second-order valence-corrected chi connectivity index (χ2v) is 10.6. The van der Waals surface area contributed by atoms with Crippen molar-refractivity contribution in [2.24, 2.45) is 4.99 Å². The van der Waals surface area contributed by atoms with Gasteiger partial charge in [0.1, 0.15) is 0 Å². The average molecular weight is 425 g/mol. The molecule has 0 aromatic heterocycles. The van der Waals surface area contributed by atoms with E-state index < -0.39 is 10.0 Å². The minimum Gasteiger partial charge on any atom is -0.354 e. The molecule has 2 N–H and O–H groups in total. The van der Waals surface area contributed by atoms with Gasteiger partial charge in [-0.15, -0.1) is 0 Å². The smallest absolute Gasteiger partial charge is 0.243 e. The first-order chi connectivity index (χ1) is 13.5. The zero-order valence-electron chi connectivity index (χ0n) is 16.9. The Balaban J connectivity index is 1.53. The molecule has 1 aromatic carbocycles. The van der Waals surface area contributed by atoms with Crippen LogP contribution in [-0.2, 0) is 16.6 Å². The molecule has 2 atom stereocenters. The number of benzene rings is 1. The number of nitrogens with one attached hydrogen (secondary N) is 2. The summed E-state index contributed by atoms with van der Waals surface area (Å²) >= 11 is 1.94. The lowest BCUT2D eigenvalue weighted by atomic mass is 10.2. The predicted octanol–water partition coefficient (Wildman–Crippen LogP) is 2.81. The van der Waals surface area contributed by atoms with Crippen LogP contribution < -0.4 is 10.6 Å². The van der Waals surface area contributed by atoms with Gasteiger partial charge in [-0.05, 0) is 56.1 Å². The molecule has 1 saturated carbocycles. The lowest BCUT2D eigenvalue weighted by molar-refractivity contribution is 0.346. The summed E-state index contributed by atoms with van der Waals surface area (Å²) in [6, 6.07) is 7.68. The van der Waals surface area contributed by atoms with Crippen LogP contribution in [0.5, 0.6) is 0 Å². The van der Waals surface area contributed by atoms with Crippen LogP contribution >= 0.6 is 11.8 Å². The molecule has 28 heavy (non-hydrogen) atoms. The topological polar surface area (TPSA) is 73.8 Å². The van der Waals surface area contributed by atoms with Gasteiger partial charge in [0.05, 0.1) is 4.90 Å². The Kier molecular flexibility index (Phi) is 7.65. The summed E-state index contributed by atoms with van der Waals surface area (Å²) in [6.07, 6.45) is 8.79. The van der Waals surface area contributed by atoms with Crippen LogP contribution in [0, 0.1) is 0 Å². The van der Waals surface area contributed by atoms with Gasteiger partial charge in [0.25, 0.3) is 0 Å². The van der Waals surface area contributed by atoms with Crippen LogP contribution in [0.4, 0.5) is 0 Å². The van der Waals surface area contributed by atoms with E-state index in [0.717, 1.165) is 36.0 Å². The monoisotopic (exact) mass is 424 g/mol. The second-order valence-electron chi connectivity index (χ2n) is 7.55. The first kappa shape index (κ1) is 21.5. The largest absolute Gasteiger partial charge is 0.354 e. The van der Waals surface area contributed by atoms with Crippen LogP contribution in [0.15, 0.2) is 34.2 Å². The Morgan fingerprint density at radius 3 is 2.50 bits per heavy atom. The van der Waals surface area contributed by atoms with E-state index in [1.807, 2.05) is 23.9 Å². The Hall–Kier alpha value is -1.25. The maximum Gasteiger partial charge on any atom is 0.243 e. The summed E-state index contributed by atoms with van der Waals surface area (Å²) in [4.78, 5) is 4.70. The van der Waals surface area contributed by atoms with Gasteiger partial charge in [-0.3, -0.25) is 4.99 Å². The maximum atomic E-state index is 12.7. The number of sulfonamides is 1. The molecule has 1 saturated heterocycles. The fourth-order valence-corrected chi connectivity index (χ4v) is 6.21. The molecule has 156 valence electrons. The van der Waals surface area contributed by atoms with Gasteiger partial charge in [0.15, 0.2) is 5.96 Å². The summed E-state index contributed by atoms with van der Waals surface area (Å²) in [7, 11) is -1.58. The molecule has 0 spiro atoms. The molecule has 2 aliphatic rings. The van der Waals surface area contributed by atoms with E-state index in [1.165, 1.54) is 19.3 Å². The van der Waals surface area contributed by atoms with E-state index in [1.54, 1.807) is 23.5 Å². The zero-order valence-corrected chi connectivity index (χ0v) is 18.5. The highest BCUT2D eigenvalue weighted by molar-refractivity contribution is 7.99. The maximum absolute atomic E-state index is 12.7. The molecule has 0 bridgehead atoms. The fraction of sp³-hybridized carbons (Fsp3) is 0.650. The molecule has 1 aromatic rings. The molecule has 1 aliphatic heterocycles. The standard InChI is InChI=1S/C20H32N4O2S2/c1-21-20(23-17-8-9-18(14-17)27-2)22-15-16-6-10-19(11-7-16)28(25,26)24-12-4-3-5-13-24/h6-7,10-11,17-18H,3-5,8-9,12-15H2,1-2H3,(H2,21,22,23). The fourth-order valence-electron chi connectivity index (χ4n) is 3.89. The summed E-state index contributed by atoms with van der Waals surface area (Å²) in [5.41, 5.74) is 1.04. The third-order valence-corrected chi connectivity index (χ3v) is 8.63. The van der Waals surface area contributed by atoms with Crippen molar-refractivity contribution in [2.45, 2.75) is 61.3 Å². The number of rotatable bonds is 6. The average Bonchev–Trinajstić information content (AvgIpc) is 3.19. The van der Waals surface area contributed by atoms with Crippen molar-refractivity contribution in [3.05, 3.63) is 29.8 Å². The third-order valence-electron chi connectivity index (χ3n) is 5.62. The Morgan fingerprint density at radius 2 is 1.89 bits per heavy atom. The van der Waals surface area contributed by atoms with E-state index >= 15 is 0 Å². The number of hydrogen-bond acceptors (Lipinski definition) is 4. The first-order valence-corrected chi connectivity index (χ1v) is 12.8. The van der Waals surface area contributed by atoms with E-state index in [-0.39, 0.29) is 0 Å². The van der Waals surface area contributed by atoms with Crippen molar-refractivity contribution >= 4 is 27.7 Å². The number of nitrogens with zero attached hydrogens (tertiary/aromatic N) is 2. The van der Waals surface area contributed by atoms with E-state index in [2.05, 4.69) is 21.9 Å². The molecule has 1 heterocycles. The van der Waals surface area contributed by atoms with Crippen molar-refractivity contribution in [1.29, 1.82) is 0 Å². The minimum atomic E-state index is -3.36. The summed E-state index contributed by atoms with van der Waals surface area (Å²) in [6.45, 7) is 1.88. The normalized spacial score (nSPS) is 24.3. The van der Waals surface area contributed by atoms with Crippen LogP contribution in [0.1, 0.15) is 44.1 Å². The molecule has 8 heteroatoms. The second kappa shape index (κ2) is 9.98. The molecule has 2 fully saturated rings. The number of aliphatic imine (C=N–C) groups is 1. The number of hydrogen-bond donors (Lipinski definition) is 2. The number of thioether (sulfide) groups is 1. The summed E-state index contributed by atoms with van der Waals surface area (Å²) in [5, 5.41) is 7.58. The van der Waals surface area contributed by atoms with Crippen molar-refractivity contribution in [1.82, 2.24) is 14.9 Å². The van der Waals surface area contributed by atoms with Gasteiger partial charge >= 0.3 is 0 Å². The highest BCUT2D eigenvalue weighted by Crippen LogP contribution is 2.28. The van der Waals surface area contributed by atoms with Crippen LogP contribution in [0.3, 0.4) is 0 Å². The van der Waals surface area contributed by atoms with E-state index in [9.17, 15) is 8.42 Å². The van der Waals surface area contributed by atoms with Crippen molar-refractivity contribution in [3.8, 4) is 0 Å². The van der Waals surface area contributed by atoms with Gasteiger partial charge in [-0.1, -0.05) is 18.6 Å². The van der Waals surface area contributed by atoms with Crippen LogP contribution in [0.2, 0.25) is 0 Å². The van der Waals surface area contributed by atoms with Gasteiger partial charge in [0, 0.05) is 38.0 Å². The Morgan fingerprint density at radius 1 is 1.18 bits per heavy atom. The first-order valence-electron chi connectivity index (χ1n) is 10.1. The lowest BCUT2D eigenvalue weighted by Gasteiger charge is -2.25. The van der Waals surface area contributed by atoms with Crippen molar-refractivity contribution in [2.75, 3.05) is 26.4 Å². The molecule has 1 aliphatic carbocycles. The molecule has 0 amide bonds. The third kappa shape index (κ3) is 5.42. The predicted molar refractivity (Wildman–Crippen MR) is 117 cm³/mol. The molecular weight excluding hydrogens is 392 g/mol. The summed E-state index contributed by atoms with van der Waals surface area (Å²) in [5.74, 6) is 0.803.